The van der Waals surface area contributed by atoms with Crippen molar-refractivity contribution in [2.45, 2.75) is 50.8 Å². The second-order valence-corrected chi connectivity index (χ2v) is 6.36. The van der Waals surface area contributed by atoms with E-state index in [0.29, 0.717) is 15.8 Å². The molecule has 2 rings (SSSR count). The second-order valence-electron chi connectivity index (χ2n) is 5.49. The lowest BCUT2D eigenvalue weighted by Gasteiger charge is -2.28. The summed E-state index contributed by atoms with van der Waals surface area (Å²) in [6.07, 6.45) is 3.13. The number of halogens is 2. The average molecular weight is 331 g/mol. The molecule has 0 saturated heterocycles. The zero-order valence-electron chi connectivity index (χ0n) is 11.9. The van der Waals surface area contributed by atoms with Crippen molar-refractivity contribution in [3.63, 3.8) is 0 Å². The molecule has 1 aromatic rings. The zero-order chi connectivity index (χ0) is 15.4. The minimum atomic E-state index is -0.602. The summed E-state index contributed by atoms with van der Waals surface area (Å²) in [6.45, 7) is 1.71. The Kier molecular flexibility index (Phi) is 5.73. The van der Waals surface area contributed by atoms with Crippen molar-refractivity contribution in [2.24, 2.45) is 5.73 Å². The van der Waals surface area contributed by atoms with Crippen LogP contribution in [0.3, 0.4) is 0 Å². The minimum Gasteiger partial charge on any atom is -0.481 e. The van der Waals surface area contributed by atoms with Gasteiger partial charge in [0.25, 0.3) is 5.91 Å². The Labute approximate surface area is 134 Å². The molecule has 6 heteroatoms. The molecule has 1 unspecified atom stereocenters. The van der Waals surface area contributed by atoms with Gasteiger partial charge in [0, 0.05) is 22.1 Å². The van der Waals surface area contributed by atoms with Crippen LogP contribution in [0.1, 0.15) is 32.6 Å². The second kappa shape index (κ2) is 7.34. The lowest BCUT2D eigenvalue weighted by atomic mass is 9.92. The van der Waals surface area contributed by atoms with E-state index in [1.807, 2.05) is 0 Å². The van der Waals surface area contributed by atoms with E-state index in [4.69, 9.17) is 33.7 Å². The highest BCUT2D eigenvalue weighted by molar-refractivity contribution is 6.34. The third-order valence-corrected chi connectivity index (χ3v) is 4.07. The van der Waals surface area contributed by atoms with Crippen LogP contribution in [-0.2, 0) is 4.79 Å². The Morgan fingerprint density at radius 1 is 1.24 bits per heavy atom. The molecule has 1 aromatic carbocycles. The first-order chi connectivity index (χ1) is 9.94. The van der Waals surface area contributed by atoms with Crippen molar-refractivity contribution in [3.05, 3.63) is 28.2 Å². The molecule has 0 radical (unpaired) electrons. The number of carbonyl (C=O) groups excluding carboxylic acids is 1. The molecule has 21 heavy (non-hydrogen) atoms. The largest absolute Gasteiger partial charge is 0.481 e. The van der Waals surface area contributed by atoms with Crippen LogP contribution in [0.5, 0.6) is 5.75 Å². The van der Waals surface area contributed by atoms with Crippen LogP contribution in [0.2, 0.25) is 10.0 Å². The molecule has 1 saturated carbocycles. The van der Waals surface area contributed by atoms with Crippen LogP contribution < -0.4 is 15.8 Å². The van der Waals surface area contributed by atoms with Crippen molar-refractivity contribution in [2.75, 3.05) is 0 Å². The van der Waals surface area contributed by atoms with Gasteiger partial charge in [-0.15, -0.1) is 0 Å². The average Bonchev–Trinajstić information content (AvgIpc) is 2.40. The first-order valence-corrected chi connectivity index (χ1v) is 7.88. The summed E-state index contributed by atoms with van der Waals surface area (Å²) in [4.78, 5) is 12.1. The van der Waals surface area contributed by atoms with Gasteiger partial charge in [0.2, 0.25) is 0 Å². The quantitative estimate of drug-likeness (QED) is 0.891. The molecule has 1 fully saturated rings. The SMILES string of the molecule is CC(Oc1cc(Cl)cc(Cl)c1)C(=O)NC1CCC(N)CC1. The number of rotatable bonds is 4. The highest BCUT2D eigenvalue weighted by Crippen LogP contribution is 2.25. The fraction of sp³-hybridized carbons (Fsp3) is 0.533. The maximum atomic E-state index is 12.1. The molecule has 0 aromatic heterocycles. The summed E-state index contributed by atoms with van der Waals surface area (Å²) in [6, 6.07) is 5.34. The molecular formula is C15H20Cl2N2O2. The van der Waals surface area contributed by atoms with E-state index >= 15 is 0 Å². The maximum Gasteiger partial charge on any atom is 0.260 e. The van der Waals surface area contributed by atoms with E-state index in [0.717, 1.165) is 25.7 Å². The molecule has 1 atom stereocenters. The number of amides is 1. The van der Waals surface area contributed by atoms with Crippen LogP contribution in [-0.4, -0.2) is 24.1 Å². The number of ether oxygens (including phenoxy) is 1. The maximum absolute atomic E-state index is 12.1. The molecule has 1 aliphatic rings. The highest BCUT2D eigenvalue weighted by Gasteiger charge is 2.23. The van der Waals surface area contributed by atoms with Gasteiger partial charge >= 0.3 is 0 Å². The predicted molar refractivity (Wildman–Crippen MR) is 84.9 cm³/mol. The Bertz CT molecular complexity index is 482. The Balaban J connectivity index is 1.87. The van der Waals surface area contributed by atoms with Gasteiger partial charge in [-0.2, -0.15) is 0 Å². The van der Waals surface area contributed by atoms with E-state index in [1.54, 1.807) is 25.1 Å². The number of hydrogen-bond donors (Lipinski definition) is 2. The molecule has 0 spiro atoms. The van der Waals surface area contributed by atoms with Crippen LogP contribution in [0, 0.1) is 0 Å². The smallest absolute Gasteiger partial charge is 0.260 e. The summed E-state index contributed by atoms with van der Waals surface area (Å²) in [5.41, 5.74) is 5.86. The standard InChI is InChI=1S/C15H20Cl2N2O2/c1-9(21-14-7-10(16)6-11(17)8-14)15(20)19-13-4-2-12(18)3-5-13/h6-9,12-13H,2-5,18H2,1H3,(H,19,20). The molecule has 0 heterocycles. The van der Waals surface area contributed by atoms with Crippen LogP contribution >= 0.6 is 23.2 Å². The first kappa shape index (κ1) is 16.4. The number of nitrogens with two attached hydrogens (primary N) is 1. The molecule has 3 N–H and O–H groups in total. The first-order valence-electron chi connectivity index (χ1n) is 7.12. The molecular weight excluding hydrogens is 311 g/mol. The summed E-state index contributed by atoms with van der Waals surface area (Å²) in [5.74, 6) is 0.354. The van der Waals surface area contributed by atoms with Gasteiger partial charge in [-0.1, -0.05) is 23.2 Å². The highest BCUT2D eigenvalue weighted by atomic mass is 35.5. The third kappa shape index (κ3) is 5.06. The minimum absolute atomic E-state index is 0.133. The Morgan fingerprint density at radius 2 is 1.81 bits per heavy atom. The van der Waals surface area contributed by atoms with Crippen molar-refractivity contribution in [1.29, 1.82) is 0 Å². The van der Waals surface area contributed by atoms with Gasteiger partial charge in [-0.3, -0.25) is 4.79 Å². The number of carbonyl (C=O) groups is 1. The monoisotopic (exact) mass is 330 g/mol. The summed E-state index contributed by atoms with van der Waals surface area (Å²) < 4.78 is 5.59. The van der Waals surface area contributed by atoms with Crippen molar-refractivity contribution >= 4 is 29.1 Å². The third-order valence-electron chi connectivity index (χ3n) is 3.64. The van der Waals surface area contributed by atoms with Crippen molar-refractivity contribution in [3.8, 4) is 5.75 Å². The van der Waals surface area contributed by atoms with Crippen molar-refractivity contribution < 1.29 is 9.53 Å². The van der Waals surface area contributed by atoms with Gasteiger partial charge in [-0.05, 0) is 50.8 Å². The lowest BCUT2D eigenvalue weighted by molar-refractivity contribution is -0.128. The van der Waals surface area contributed by atoms with E-state index in [1.165, 1.54) is 0 Å². The molecule has 0 aliphatic heterocycles. The van der Waals surface area contributed by atoms with Crippen molar-refractivity contribution in [1.82, 2.24) is 5.32 Å². The number of benzene rings is 1. The van der Waals surface area contributed by atoms with E-state index in [9.17, 15) is 4.79 Å². The topological polar surface area (TPSA) is 64.3 Å². The Hall–Kier alpha value is -0.970. The number of hydrogen-bond acceptors (Lipinski definition) is 3. The van der Waals surface area contributed by atoms with E-state index in [2.05, 4.69) is 5.32 Å². The van der Waals surface area contributed by atoms with Crippen LogP contribution in [0.4, 0.5) is 0 Å². The molecule has 0 bridgehead atoms. The van der Waals surface area contributed by atoms with Crippen LogP contribution in [0.15, 0.2) is 18.2 Å². The fourth-order valence-corrected chi connectivity index (χ4v) is 2.94. The van der Waals surface area contributed by atoms with Gasteiger partial charge in [0.1, 0.15) is 5.75 Å². The summed E-state index contributed by atoms with van der Waals surface area (Å²) >= 11 is 11.8. The van der Waals surface area contributed by atoms with Gasteiger partial charge in [0.15, 0.2) is 6.10 Å². The molecule has 1 aliphatic carbocycles. The van der Waals surface area contributed by atoms with Gasteiger partial charge < -0.3 is 15.8 Å². The zero-order valence-corrected chi connectivity index (χ0v) is 13.5. The molecule has 1 amide bonds. The van der Waals surface area contributed by atoms with Crippen LogP contribution in [0.25, 0.3) is 0 Å². The molecule has 4 nitrogen and oxygen atoms in total. The lowest BCUT2D eigenvalue weighted by Crippen LogP contribution is -2.45. The van der Waals surface area contributed by atoms with E-state index in [-0.39, 0.29) is 18.0 Å². The Morgan fingerprint density at radius 3 is 2.38 bits per heavy atom. The normalized spacial score (nSPS) is 23.4. The van der Waals surface area contributed by atoms with Gasteiger partial charge in [0.05, 0.1) is 0 Å². The van der Waals surface area contributed by atoms with E-state index < -0.39 is 6.10 Å². The van der Waals surface area contributed by atoms with Gasteiger partial charge in [-0.25, -0.2) is 0 Å². The fourth-order valence-electron chi connectivity index (χ4n) is 2.44. The molecule has 116 valence electrons. The predicted octanol–water partition coefficient (Wildman–Crippen LogP) is 3.15. The summed E-state index contributed by atoms with van der Waals surface area (Å²) in [7, 11) is 0. The summed E-state index contributed by atoms with van der Waals surface area (Å²) in [5, 5.41) is 3.96. The number of nitrogens with one attached hydrogen (secondary N) is 1.